The zero-order chi connectivity index (χ0) is 26.8. The Morgan fingerprint density at radius 1 is 0.974 bits per heavy atom. The highest BCUT2D eigenvalue weighted by molar-refractivity contribution is 5.86. The van der Waals surface area contributed by atoms with E-state index in [2.05, 4.69) is 26.7 Å². The van der Waals surface area contributed by atoms with Gasteiger partial charge in [0.2, 0.25) is 5.91 Å². The zero-order valence-corrected chi connectivity index (χ0v) is 21.8. The highest BCUT2D eigenvalue weighted by Gasteiger charge is 2.44. The van der Waals surface area contributed by atoms with E-state index in [4.69, 9.17) is 4.98 Å². The molecular formula is C30H32N6O3. The Labute approximate surface area is 226 Å². The summed E-state index contributed by atoms with van der Waals surface area (Å²) >= 11 is 0. The number of carboxylic acid groups (broad SMARTS) is 1. The number of tetrazole rings is 1. The smallest absolute Gasteiger partial charge is 0.311 e. The number of hydrogen-bond acceptors (Lipinski definition) is 6. The molecule has 0 bridgehead atoms. The summed E-state index contributed by atoms with van der Waals surface area (Å²) in [7, 11) is 0. The molecular weight excluding hydrogens is 492 g/mol. The Bertz CT molecular complexity index is 1490. The molecule has 0 saturated heterocycles. The molecule has 0 aliphatic heterocycles. The third-order valence-electron chi connectivity index (χ3n) is 8.45. The Balaban J connectivity index is 1.29. The Morgan fingerprint density at radius 3 is 2.46 bits per heavy atom. The highest BCUT2D eigenvalue weighted by atomic mass is 16.4. The number of nitrogens with one attached hydrogen (secondary N) is 1. The molecule has 2 aromatic carbocycles. The monoisotopic (exact) mass is 524 g/mol. The number of aromatic amines is 1. The van der Waals surface area contributed by atoms with Crippen LogP contribution < -0.4 is 0 Å². The van der Waals surface area contributed by atoms with Crippen LogP contribution in [0.4, 0.5) is 0 Å². The lowest BCUT2D eigenvalue weighted by Crippen LogP contribution is -2.45. The van der Waals surface area contributed by atoms with Crippen molar-refractivity contribution in [2.24, 2.45) is 11.3 Å². The molecule has 2 saturated carbocycles. The van der Waals surface area contributed by atoms with Crippen molar-refractivity contribution >= 4 is 22.8 Å². The molecule has 9 nitrogen and oxygen atoms in total. The second kappa shape index (κ2) is 10.6. The summed E-state index contributed by atoms with van der Waals surface area (Å²) in [5.74, 6) is -0.0919. The minimum atomic E-state index is -0.839. The van der Waals surface area contributed by atoms with Crippen LogP contribution in [0.5, 0.6) is 0 Å². The van der Waals surface area contributed by atoms with Gasteiger partial charge in [-0.15, -0.1) is 5.10 Å². The minimum Gasteiger partial charge on any atom is -0.481 e. The number of benzene rings is 2. The van der Waals surface area contributed by atoms with Gasteiger partial charge in [-0.3, -0.25) is 9.59 Å². The highest BCUT2D eigenvalue weighted by Crippen LogP contribution is 2.40. The number of carbonyl (C=O) groups excluding carboxylic acids is 1. The first-order valence-electron chi connectivity index (χ1n) is 13.8. The predicted molar refractivity (Wildman–Crippen MR) is 146 cm³/mol. The molecule has 4 aromatic rings. The quantitative estimate of drug-likeness (QED) is 0.323. The molecule has 9 heteroatoms. The van der Waals surface area contributed by atoms with Crippen LogP contribution >= 0.6 is 0 Å². The number of aliphatic carboxylic acids is 1. The van der Waals surface area contributed by atoms with E-state index in [1.54, 1.807) is 0 Å². The first-order valence-corrected chi connectivity index (χ1v) is 13.8. The van der Waals surface area contributed by atoms with E-state index < -0.39 is 11.4 Å². The van der Waals surface area contributed by atoms with Gasteiger partial charge < -0.3 is 10.0 Å². The van der Waals surface area contributed by atoms with Crippen molar-refractivity contribution in [1.29, 1.82) is 0 Å². The van der Waals surface area contributed by atoms with Crippen molar-refractivity contribution in [1.82, 2.24) is 30.5 Å². The van der Waals surface area contributed by atoms with Crippen molar-refractivity contribution < 1.29 is 14.7 Å². The fraction of sp³-hybridized carbons (Fsp3) is 0.400. The van der Waals surface area contributed by atoms with E-state index in [1.807, 2.05) is 53.4 Å². The van der Waals surface area contributed by atoms with E-state index in [1.165, 1.54) is 0 Å². The average molecular weight is 525 g/mol. The Kier molecular flexibility index (Phi) is 6.81. The lowest BCUT2D eigenvalue weighted by atomic mass is 9.85. The van der Waals surface area contributed by atoms with Gasteiger partial charge in [0.25, 0.3) is 0 Å². The standard InChI is InChI=1S/C30H32N6O3/c37-28(21-7-1-2-8-21)36(19-30(29(38)39)15-5-6-16-30)18-20-11-13-25-22(17-20)12-14-26(31-25)23-9-3-4-10-24(23)27-32-34-35-33-27/h3-4,9-14,17,21H,1-2,5-8,15-16,18-19H2,(H,38,39)(H,32,33,34,35). The first-order chi connectivity index (χ1) is 19.0. The maximum atomic E-state index is 13.6. The Hall–Kier alpha value is -4.14. The molecule has 2 aromatic heterocycles. The number of pyridine rings is 1. The van der Waals surface area contributed by atoms with Gasteiger partial charge in [-0.1, -0.05) is 62.1 Å². The second-order valence-corrected chi connectivity index (χ2v) is 11.0. The summed E-state index contributed by atoms with van der Waals surface area (Å²) in [6.07, 6.45) is 6.98. The molecule has 0 radical (unpaired) electrons. The number of hydrogen-bond donors (Lipinski definition) is 2. The van der Waals surface area contributed by atoms with Crippen molar-refractivity contribution in [3.05, 3.63) is 60.2 Å². The van der Waals surface area contributed by atoms with Crippen LogP contribution in [0.2, 0.25) is 0 Å². The maximum absolute atomic E-state index is 13.6. The van der Waals surface area contributed by atoms with E-state index in [0.717, 1.165) is 71.8 Å². The summed E-state index contributed by atoms with van der Waals surface area (Å²) < 4.78 is 0. The number of carboxylic acids is 1. The van der Waals surface area contributed by atoms with Crippen LogP contribution in [0, 0.1) is 11.3 Å². The zero-order valence-electron chi connectivity index (χ0n) is 21.8. The van der Waals surface area contributed by atoms with E-state index in [0.29, 0.717) is 25.2 Å². The van der Waals surface area contributed by atoms with Crippen LogP contribution in [0.1, 0.15) is 56.9 Å². The number of aromatic nitrogens is 5. The minimum absolute atomic E-state index is 0.00144. The third-order valence-corrected chi connectivity index (χ3v) is 8.45. The van der Waals surface area contributed by atoms with Crippen LogP contribution in [-0.2, 0) is 16.1 Å². The van der Waals surface area contributed by atoms with Gasteiger partial charge in [0.1, 0.15) is 0 Å². The summed E-state index contributed by atoms with van der Waals surface area (Å²) in [5.41, 5.74) is 3.58. The second-order valence-electron chi connectivity index (χ2n) is 11.0. The molecule has 2 fully saturated rings. The summed E-state index contributed by atoms with van der Waals surface area (Å²) in [6, 6.07) is 17.9. The van der Waals surface area contributed by atoms with E-state index >= 15 is 0 Å². The number of fused-ring (bicyclic) bond motifs is 1. The van der Waals surface area contributed by atoms with Crippen LogP contribution in [0.25, 0.3) is 33.5 Å². The van der Waals surface area contributed by atoms with Crippen molar-refractivity contribution in [3.8, 4) is 22.6 Å². The predicted octanol–water partition coefficient (Wildman–Crippen LogP) is 5.25. The number of carbonyl (C=O) groups is 2. The van der Waals surface area contributed by atoms with Crippen LogP contribution in [0.15, 0.2) is 54.6 Å². The number of rotatable bonds is 8. The molecule has 6 rings (SSSR count). The fourth-order valence-corrected chi connectivity index (χ4v) is 6.33. The summed E-state index contributed by atoms with van der Waals surface area (Å²) in [5, 5.41) is 25.4. The van der Waals surface area contributed by atoms with Gasteiger partial charge in [0.05, 0.1) is 16.6 Å². The topological polar surface area (TPSA) is 125 Å². The number of H-pyrrole nitrogens is 1. The van der Waals surface area contributed by atoms with Gasteiger partial charge in [-0.25, -0.2) is 10.1 Å². The molecule has 0 spiro atoms. The SMILES string of the molecule is O=C(C1CCCC1)N(Cc1ccc2nc(-c3ccccc3-c3nnn[nH]3)ccc2c1)CC1(C(=O)O)CCCC1. The van der Waals surface area contributed by atoms with Crippen molar-refractivity contribution in [2.75, 3.05) is 6.54 Å². The van der Waals surface area contributed by atoms with Gasteiger partial charge in [0.15, 0.2) is 5.82 Å². The normalized spacial score (nSPS) is 17.0. The molecule has 200 valence electrons. The van der Waals surface area contributed by atoms with Crippen molar-refractivity contribution in [3.63, 3.8) is 0 Å². The van der Waals surface area contributed by atoms with Crippen LogP contribution in [0.3, 0.4) is 0 Å². The lowest BCUT2D eigenvalue weighted by molar-refractivity contribution is -0.152. The molecule has 1 amide bonds. The summed E-state index contributed by atoms with van der Waals surface area (Å²) in [6.45, 7) is 0.684. The molecule has 0 unspecified atom stereocenters. The molecule has 2 aliphatic rings. The first kappa shape index (κ1) is 25.2. The molecule has 2 N–H and O–H groups in total. The fourth-order valence-electron chi connectivity index (χ4n) is 6.33. The number of amides is 1. The molecule has 0 atom stereocenters. The maximum Gasteiger partial charge on any atom is 0.311 e. The lowest BCUT2D eigenvalue weighted by Gasteiger charge is -2.34. The van der Waals surface area contributed by atoms with Gasteiger partial charge in [-0.2, -0.15) is 0 Å². The molecule has 2 aliphatic carbocycles. The van der Waals surface area contributed by atoms with Gasteiger partial charge in [0, 0.05) is 35.5 Å². The average Bonchev–Trinajstić information content (AvgIpc) is 3.75. The Morgan fingerprint density at radius 2 is 1.74 bits per heavy atom. The summed E-state index contributed by atoms with van der Waals surface area (Å²) in [4.78, 5) is 32.7. The van der Waals surface area contributed by atoms with Gasteiger partial charge >= 0.3 is 5.97 Å². The molecule has 2 heterocycles. The van der Waals surface area contributed by atoms with Crippen molar-refractivity contribution in [2.45, 2.75) is 57.9 Å². The van der Waals surface area contributed by atoms with Crippen LogP contribution in [-0.4, -0.2) is 54.0 Å². The molecule has 39 heavy (non-hydrogen) atoms. The number of nitrogens with zero attached hydrogens (tertiary/aromatic N) is 5. The van der Waals surface area contributed by atoms with E-state index in [-0.39, 0.29) is 18.4 Å². The largest absolute Gasteiger partial charge is 0.481 e. The van der Waals surface area contributed by atoms with Gasteiger partial charge in [-0.05, 0) is 59.9 Å². The van der Waals surface area contributed by atoms with E-state index in [9.17, 15) is 14.7 Å². The third kappa shape index (κ3) is 5.01.